The SMILES string of the molecule is CN(Cc1ccccc1O)C(=O)CCc1cccc(N)c1. The summed E-state index contributed by atoms with van der Waals surface area (Å²) in [5.74, 6) is 0.258. The van der Waals surface area contributed by atoms with E-state index in [2.05, 4.69) is 0 Å². The molecule has 21 heavy (non-hydrogen) atoms. The number of amides is 1. The molecule has 0 saturated heterocycles. The number of aromatic hydroxyl groups is 1. The van der Waals surface area contributed by atoms with E-state index in [1.807, 2.05) is 36.4 Å². The predicted molar refractivity (Wildman–Crippen MR) is 83.8 cm³/mol. The summed E-state index contributed by atoms with van der Waals surface area (Å²) in [5.41, 5.74) is 8.23. The Hall–Kier alpha value is -2.49. The molecule has 0 aliphatic carbocycles. The minimum atomic E-state index is 0.0423. The first-order valence-electron chi connectivity index (χ1n) is 6.91. The van der Waals surface area contributed by atoms with E-state index in [0.717, 1.165) is 11.1 Å². The van der Waals surface area contributed by atoms with Crippen LogP contribution >= 0.6 is 0 Å². The van der Waals surface area contributed by atoms with Crippen LogP contribution in [0.1, 0.15) is 17.5 Å². The fraction of sp³-hybridized carbons (Fsp3) is 0.235. The molecule has 0 atom stereocenters. The summed E-state index contributed by atoms with van der Waals surface area (Å²) in [5, 5.41) is 9.73. The molecule has 4 heteroatoms. The third kappa shape index (κ3) is 4.24. The summed E-state index contributed by atoms with van der Waals surface area (Å²) < 4.78 is 0. The van der Waals surface area contributed by atoms with Gasteiger partial charge in [-0.05, 0) is 30.2 Å². The zero-order chi connectivity index (χ0) is 15.2. The average molecular weight is 284 g/mol. The first-order valence-corrected chi connectivity index (χ1v) is 6.91. The number of hydrogen-bond acceptors (Lipinski definition) is 3. The Morgan fingerprint density at radius 2 is 1.95 bits per heavy atom. The van der Waals surface area contributed by atoms with Crippen molar-refractivity contribution in [2.24, 2.45) is 0 Å². The van der Waals surface area contributed by atoms with E-state index >= 15 is 0 Å². The van der Waals surface area contributed by atoms with E-state index in [1.54, 1.807) is 24.1 Å². The molecule has 0 bridgehead atoms. The highest BCUT2D eigenvalue weighted by molar-refractivity contribution is 5.76. The molecule has 0 heterocycles. The number of hydrogen-bond donors (Lipinski definition) is 2. The van der Waals surface area contributed by atoms with Crippen LogP contribution in [0.3, 0.4) is 0 Å². The number of phenols is 1. The van der Waals surface area contributed by atoms with Crippen LogP contribution in [0.25, 0.3) is 0 Å². The van der Waals surface area contributed by atoms with Gasteiger partial charge in [-0.2, -0.15) is 0 Å². The van der Waals surface area contributed by atoms with Crippen LogP contribution in [-0.2, 0) is 17.8 Å². The van der Waals surface area contributed by atoms with Crippen molar-refractivity contribution in [2.45, 2.75) is 19.4 Å². The Labute approximate surface area is 124 Å². The molecule has 0 fully saturated rings. The Morgan fingerprint density at radius 3 is 2.67 bits per heavy atom. The molecule has 0 spiro atoms. The number of carbonyl (C=O) groups excluding carboxylic acids is 1. The first kappa shape index (κ1) is 14.9. The van der Waals surface area contributed by atoms with Gasteiger partial charge in [0.25, 0.3) is 0 Å². The van der Waals surface area contributed by atoms with Gasteiger partial charge in [0.05, 0.1) is 0 Å². The zero-order valence-corrected chi connectivity index (χ0v) is 12.1. The maximum atomic E-state index is 12.1. The van der Waals surface area contributed by atoms with Crippen LogP contribution in [0, 0.1) is 0 Å². The van der Waals surface area contributed by atoms with Gasteiger partial charge in [-0.15, -0.1) is 0 Å². The van der Waals surface area contributed by atoms with Gasteiger partial charge in [0.15, 0.2) is 0 Å². The number of rotatable bonds is 5. The summed E-state index contributed by atoms with van der Waals surface area (Å²) in [6, 6.07) is 14.6. The third-order valence-corrected chi connectivity index (χ3v) is 3.40. The van der Waals surface area contributed by atoms with Crippen molar-refractivity contribution in [3.05, 3.63) is 59.7 Å². The lowest BCUT2D eigenvalue weighted by atomic mass is 10.1. The predicted octanol–water partition coefficient (Wildman–Crippen LogP) is 2.57. The number of nitrogen functional groups attached to an aromatic ring is 1. The van der Waals surface area contributed by atoms with Gasteiger partial charge in [0.1, 0.15) is 5.75 Å². The van der Waals surface area contributed by atoms with Crippen LogP contribution in [0.4, 0.5) is 5.69 Å². The summed E-state index contributed by atoms with van der Waals surface area (Å²) in [7, 11) is 1.74. The van der Waals surface area contributed by atoms with Gasteiger partial charge >= 0.3 is 0 Å². The van der Waals surface area contributed by atoms with Gasteiger partial charge in [-0.1, -0.05) is 30.3 Å². The number of nitrogens with two attached hydrogens (primary N) is 1. The standard InChI is InChI=1S/C17H20N2O2/c1-19(12-14-6-2-3-8-16(14)20)17(21)10-9-13-5-4-7-15(18)11-13/h2-8,11,20H,9-10,12,18H2,1H3. The van der Waals surface area contributed by atoms with Crippen molar-refractivity contribution in [3.63, 3.8) is 0 Å². The molecule has 0 radical (unpaired) electrons. The second-order valence-electron chi connectivity index (χ2n) is 5.12. The van der Waals surface area contributed by atoms with Gasteiger partial charge in [-0.25, -0.2) is 0 Å². The fourth-order valence-electron chi connectivity index (χ4n) is 2.18. The highest BCUT2D eigenvalue weighted by Gasteiger charge is 2.11. The van der Waals surface area contributed by atoms with Crippen LogP contribution in [0.5, 0.6) is 5.75 Å². The lowest BCUT2D eigenvalue weighted by molar-refractivity contribution is -0.130. The smallest absolute Gasteiger partial charge is 0.222 e. The van der Waals surface area contributed by atoms with Crippen molar-refractivity contribution >= 4 is 11.6 Å². The lowest BCUT2D eigenvalue weighted by Crippen LogP contribution is -2.26. The van der Waals surface area contributed by atoms with E-state index in [9.17, 15) is 9.90 Å². The second-order valence-corrected chi connectivity index (χ2v) is 5.12. The first-order chi connectivity index (χ1) is 10.1. The van der Waals surface area contributed by atoms with Crippen molar-refractivity contribution in [1.82, 2.24) is 4.90 Å². The highest BCUT2D eigenvalue weighted by Crippen LogP contribution is 2.17. The van der Waals surface area contributed by atoms with Gasteiger partial charge in [0.2, 0.25) is 5.91 Å². The number of benzene rings is 2. The van der Waals surface area contributed by atoms with Gasteiger partial charge < -0.3 is 15.7 Å². The Bertz CT molecular complexity index is 626. The van der Waals surface area contributed by atoms with Crippen LogP contribution in [-0.4, -0.2) is 23.0 Å². The van der Waals surface area contributed by atoms with E-state index in [4.69, 9.17) is 5.73 Å². The second kappa shape index (κ2) is 6.79. The summed E-state index contributed by atoms with van der Waals surface area (Å²) >= 11 is 0. The number of nitrogens with zero attached hydrogens (tertiary/aromatic N) is 1. The van der Waals surface area contributed by atoms with Crippen molar-refractivity contribution < 1.29 is 9.90 Å². The molecule has 2 aromatic carbocycles. The van der Waals surface area contributed by atoms with E-state index < -0.39 is 0 Å². The molecule has 0 saturated carbocycles. The van der Waals surface area contributed by atoms with Crippen molar-refractivity contribution in [2.75, 3.05) is 12.8 Å². The van der Waals surface area contributed by atoms with Crippen LogP contribution in [0.2, 0.25) is 0 Å². The molecule has 4 nitrogen and oxygen atoms in total. The largest absolute Gasteiger partial charge is 0.508 e. The number of aryl methyl sites for hydroxylation is 1. The fourth-order valence-corrected chi connectivity index (χ4v) is 2.18. The molecule has 0 aliphatic heterocycles. The molecule has 2 aromatic rings. The Balaban J connectivity index is 1.90. The van der Waals surface area contributed by atoms with Crippen LogP contribution < -0.4 is 5.73 Å². The Kier molecular flexibility index (Phi) is 4.82. The normalized spacial score (nSPS) is 10.3. The van der Waals surface area contributed by atoms with E-state index in [1.165, 1.54) is 0 Å². The maximum absolute atomic E-state index is 12.1. The van der Waals surface area contributed by atoms with Crippen molar-refractivity contribution in [3.8, 4) is 5.75 Å². The lowest BCUT2D eigenvalue weighted by Gasteiger charge is -2.18. The quantitative estimate of drug-likeness (QED) is 0.829. The molecular weight excluding hydrogens is 264 g/mol. The van der Waals surface area contributed by atoms with Gasteiger partial charge in [0, 0.05) is 31.3 Å². The average Bonchev–Trinajstić information content (AvgIpc) is 2.47. The molecule has 2 rings (SSSR count). The number of carbonyl (C=O) groups is 1. The minimum absolute atomic E-state index is 0.0423. The zero-order valence-electron chi connectivity index (χ0n) is 12.1. The van der Waals surface area contributed by atoms with Gasteiger partial charge in [-0.3, -0.25) is 4.79 Å². The topological polar surface area (TPSA) is 66.6 Å². The number of anilines is 1. The highest BCUT2D eigenvalue weighted by atomic mass is 16.3. The minimum Gasteiger partial charge on any atom is -0.508 e. The molecule has 0 aliphatic rings. The van der Waals surface area contributed by atoms with Crippen molar-refractivity contribution in [1.29, 1.82) is 0 Å². The molecule has 3 N–H and O–H groups in total. The van der Waals surface area contributed by atoms with Crippen LogP contribution in [0.15, 0.2) is 48.5 Å². The molecule has 110 valence electrons. The maximum Gasteiger partial charge on any atom is 0.222 e. The number of phenolic OH excluding ortho intramolecular Hbond substituents is 1. The number of para-hydroxylation sites is 1. The Morgan fingerprint density at radius 1 is 1.19 bits per heavy atom. The van der Waals surface area contributed by atoms with E-state index in [-0.39, 0.29) is 11.7 Å². The summed E-state index contributed by atoms with van der Waals surface area (Å²) in [4.78, 5) is 13.8. The molecular formula is C17H20N2O2. The third-order valence-electron chi connectivity index (χ3n) is 3.40. The molecule has 0 unspecified atom stereocenters. The molecule has 1 amide bonds. The summed E-state index contributed by atoms with van der Waals surface area (Å²) in [6.07, 6.45) is 1.09. The van der Waals surface area contributed by atoms with E-state index in [0.29, 0.717) is 25.1 Å². The molecule has 0 aromatic heterocycles. The summed E-state index contributed by atoms with van der Waals surface area (Å²) in [6.45, 7) is 0.405. The monoisotopic (exact) mass is 284 g/mol.